The Bertz CT molecular complexity index is 919. The molecule has 0 aromatic heterocycles. The molecule has 0 fully saturated rings. The lowest BCUT2D eigenvalue weighted by molar-refractivity contribution is -0.447. The molecule has 1 N–H and O–H groups in total. The minimum absolute atomic E-state index is 0.256. The average molecular weight is 606 g/mol. The number of nitrogens with zero attached hydrogens (tertiary/aromatic N) is 2. The molecular formula is C15H17F15N2O4S. The highest BCUT2D eigenvalue weighted by molar-refractivity contribution is 7.90. The van der Waals surface area contributed by atoms with Crippen LogP contribution in [0, 0.1) is 0 Å². The summed E-state index contributed by atoms with van der Waals surface area (Å²) in [6.45, 7) is -3.29. The van der Waals surface area contributed by atoms with Crippen molar-refractivity contribution in [2.45, 2.75) is 53.9 Å². The van der Waals surface area contributed by atoms with Crippen molar-refractivity contribution >= 4 is 16.0 Å². The van der Waals surface area contributed by atoms with E-state index in [1.807, 2.05) is 0 Å². The van der Waals surface area contributed by atoms with Gasteiger partial charge in [0, 0.05) is 13.1 Å². The zero-order valence-corrected chi connectivity index (χ0v) is 19.0. The smallest absolute Gasteiger partial charge is 0.460 e. The third kappa shape index (κ3) is 5.83. The summed E-state index contributed by atoms with van der Waals surface area (Å²) in [5, 5.41) is 0.965. The standard InChI is InChI=1S/C15H17F15N2O4S/c1-31(2)5-3-6-32(7-4-8(33)34)37(35,36)15(29,30)13(24,25)11(20,21)9(16,17)10(18,19)12(22,23)14(26,27)28/h3-7H2,1-2H3,(H,33,34). The molecule has 0 bridgehead atoms. The third-order valence-corrected chi connectivity index (χ3v) is 6.50. The molecule has 0 amide bonds. The summed E-state index contributed by atoms with van der Waals surface area (Å²) in [6, 6.07) is 0. The Balaban J connectivity index is 6.80. The van der Waals surface area contributed by atoms with E-state index in [4.69, 9.17) is 5.11 Å². The van der Waals surface area contributed by atoms with E-state index in [0.29, 0.717) is 0 Å². The summed E-state index contributed by atoms with van der Waals surface area (Å²) in [4.78, 5) is 11.8. The molecule has 0 aromatic carbocycles. The first-order valence-corrected chi connectivity index (χ1v) is 10.6. The number of carboxylic acids is 1. The molecule has 0 aliphatic rings. The largest absolute Gasteiger partial charge is 0.481 e. The van der Waals surface area contributed by atoms with Gasteiger partial charge in [-0.3, -0.25) is 4.79 Å². The normalized spacial score (nSPS) is 15.5. The topological polar surface area (TPSA) is 77.9 Å². The second kappa shape index (κ2) is 10.5. The van der Waals surface area contributed by atoms with Crippen LogP contribution in [0.25, 0.3) is 0 Å². The highest BCUT2D eigenvalue weighted by Crippen LogP contribution is 2.63. The molecule has 0 unspecified atom stereocenters. The van der Waals surface area contributed by atoms with Crippen LogP contribution in [0.15, 0.2) is 0 Å². The van der Waals surface area contributed by atoms with E-state index in [1.54, 1.807) is 0 Å². The van der Waals surface area contributed by atoms with Crippen LogP contribution in [-0.4, -0.2) is 103 Å². The zero-order valence-electron chi connectivity index (χ0n) is 18.2. The maximum Gasteiger partial charge on any atom is 0.460 e. The molecule has 0 aromatic rings. The molecule has 0 spiro atoms. The maximum atomic E-state index is 14.3. The number of carboxylic acid groups (broad SMARTS) is 1. The molecular weight excluding hydrogens is 589 g/mol. The van der Waals surface area contributed by atoms with Crippen molar-refractivity contribution in [3.05, 3.63) is 0 Å². The quantitative estimate of drug-likeness (QED) is 0.298. The first-order chi connectivity index (χ1) is 16.0. The molecule has 0 aliphatic carbocycles. The van der Waals surface area contributed by atoms with E-state index in [1.165, 1.54) is 19.0 Å². The van der Waals surface area contributed by atoms with E-state index < -0.39 is 87.3 Å². The predicted molar refractivity (Wildman–Crippen MR) is 91.7 cm³/mol. The predicted octanol–water partition coefficient (Wildman–Crippen LogP) is 4.38. The van der Waals surface area contributed by atoms with Gasteiger partial charge in [-0.2, -0.15) is 70.2 Å². The Labute approximate surface area is 198 Å². The van der Waals surface area contributed by atoms with Crippen LogP contribution in [0.5, 0.6) is 0 Å². The van der Waals surface area contributed by atoms with Gasteiger partial charge in [-0.25, -0.2) is 8.42 Å². The van der Waals surface area contributed by atoms with Crippen molar-refractivity contribution in [1.82, 2.24) is 9.21 Å². The lowest BCUT2D eigenvalue weighted by atomic mass is 9.94. The van der Waals surface area contributed by atoms with Crippen molar-refractivity contribution < 1.29 is 84.2 Å². The molecule has 222 valence electrons. The van der Waals surface area contributed by atoms with Gasteiger partial charge in [0.25, 0.3) is 10.0 Å². The van der Waals surface area contributed by atoms with Gasteiger partial charge in [-0.05, 0) is 27.1 Å². The Morgan fingerprint density at radius 1 is 0.649 bits per heavy atom. The molecule has 0 saturated heterocycles. The fourth-order valence-electron chi connectivity index (χ4n) is 2.41. The molecule has 37 heavy (non-hydrogen) atoms. The van der Waals surface area contributed by atoms with Crippen molar-refractivity contribution in [2.24, 2.45) is 0 Å². The third-order valence-electron chi connectivity index (χ3n) is 4.55. The lowest BCUT2D eigenvalue weighted by Gasteiger charge is -2.41. The number of aliphatic carboxylic acids is 1. The van der Waals surface area contributed by atoms with E-state index in [0.717, 1.165) is 0 Å². The fourth-order valence-corrected chi connectivity index (χ4v) is 3.89. The minimum Gasteiger partial charge on any atom is -0.481 e. The summed E-state index contributed by atoms with van der Waals surface area (Å²) in [6.07, 6.45) is -9.87. The molecule has 0 saturated carbocycles. The Morgan fingerprint density at radius 3 is 1.38 bits per heavy atom. The molecule has 6 nitrogen and oxygen atoms in total. The average Bonchev–Trinajstić information content (AvgIpc) is 2.67. The van der Waals surface area contributed by atoms with Crippen molar-refractivity contribution in [2.75, 3.05) is 33.7 Å². The van der Waals surface area contributed by atoms with Crippen molar-refractivity contribution in [3.63, 3.8) is 0 Å². The van der Waals surface area contributed by atoms with E-state index in [-0.39, 0.29) is 6.54 Å². The van der Waals surface area contributed by atoms with Crippen LogP contribution < -0.4 is 0 Å². The van der Waals surface area contributed by atoms with Gasteiger partial charge in [0.05, 0.1) is 6.42 Å². The Kier molecular flexibility index (Phi) is 9.97. The van der Waals surface area contributed by atoms with E-state index >= 15 is 0 Å². The number of sulfonamides is 1. The summed E-state index contributed by atoms with van der Waals surface area (Å²) < 4.78 is 223. The van der Waals surface area contributed by atoms with Crippen LogP contribution in [0.4, 0.5) is 65.9 Å². The van der Waals surface area contributed by atoms with E-state index in [9.17, 15) is 79.1 Å². The molecule has 0 heterocycles. The van der Waals surface area contributed by atoms with Gasteiger partial charge >= 0.3 is 47.0 Å². The van der Waals surface area contributed by atoms with Gasteiger partial charge in [-0.15, -0.1) is 0 Å². The first kappa shape index (κ1) is 35.3. The summed E-state index contributed by atoms with van der Waals surface area (Å²) in [5.41, 5.74) is 0. The first-order valence-electron chi connectivity index (χ1n) is 9.18. The van der Waals surface area contributed by atoms with Crippen LogP contribution in [0.3, 0.4) is 0 Å². The Hall–Kier alpha value is -1.71. The summed E-state index contributed by atoms with van der Waals surface area (Å²) >= 11 is 0. The molecule has 0 aliphatic heterocycles. The number of carbonyl (C=O) groups is 1. The molecule has 0 atom stereocenters. The maximum absolute atomic E-state index is 14.3. The second-order valence-corrected chi connectivity index (χ2v) is 9.57. The van der Waals surface area contributed by atoms with Crippen molar-refractivity contribution in [1.29, 1.82) is 0 Å². The second-order valence-electron chi connectivity index (χ2n) is 7.59. The number of hydrogen-bond donors (Lipinski definition) is 1. The van der Waals surface area contributed by atoms with E-state index in [2.05, 4.69) is 0 Å². The van der Waals surface area contributed by atoms with Crippen molar-refractivity contribution in [3.8, 4) is 0 Å². The molecule has 0 rings (SSSR count). The summed E-state index contributed by atoms with van der Waals surface area (Å²) in [7, 11) is -4.82. The Morgan fingerprint density at radius 2 is 1.03 bits per heavy atom. The number of rotatable bonds is 14. The monoisotopic (exact) mass is 606 g/mol. The number of alkyl halides is 15. The van der Waals surface area contributed by atoms with Crippen LogP contribution >= 0.6 is 0 Å². The SMILES string of the molecule is CN(C)CCCN(CCC(=O)O)S(=O)(=O)C(F)(F)C(F)(F)C(F)(F)C(F)(F)C(F)(F)C(F)(F)C(F)(F)F. The minimum atomic E-state index is -8.64. The van der Waals surface area contributed by atoms with Gasteiger partial charge in [0.15, 0.2) is 0 Å². The molecule has 0 radical (unpaired) electrons. The zero-order chi connectivity index (χ0) is 30.3. The summed E-state index contributed by atoms with van der Waals surface area (Å²) in [5.74, 6) is -44.2. The van der Waals surface area contributed by atoms with Crippen LogP contribution in [-0.2, 0) is 14.8 Å². The van der Waals surface area contributed by atoms with Crippen LogP contribution in [0.1, 0.15) is 12.8 Å². The van der Waals surface area contributed by atoms with Gasteiger partial charge in [0.1, 0.15) is 0 Å². The molecule has 22 heteroatoms. The highest BCUT2D eigenvalue weighted by Gasteiger charge is 2.94. The lowest BCUT2D eigenvalue weighted by Crippen LogP contribution is -2.73. The highest BCUT2D eigenvalue weighted by atomic mass is 32.2. The van der Waals surface area contributed by atoms with Crippen LogP contribution in [0.2, 0.25) is 0 Å². The van der Waals surface area contributed by atoms with Gasteiger partial charge in [0.2, 0.25) is 0 Å². The number of halogens is 15. The van der Waals surface area contributed by atoms with Gasteiger partial charge in [-0.1, -0.05) is 0 Å². The fraction of sp³-hybridized carbons (Fsp3) is 0.933. The number of hydrogen-bond acceptors (Lipinski definition) is 4. The van der Waals surface area contributed by atoms with Gasteiger partial charge < -0.3 is 10.0 Å².